The molecule has 5 heteroatoms. The predicted octanol–water partition coefficient (Wildman–Crippen LogP) is 3.21. The van der Waals surface area contributed by atoms with Crippen molar-refractivity contribution in [3.05, 3.63) is 53.8 Å². The van der Waals surface area contributed by atoms with Crippen LogP contribution in [0, 0.1) is 5.82 Å². The number of benzene rings is 2. The molecule has 0 N–H and O–H groups in total. The Morgan fingerprint density at radius 3 is 2.57 bits per heavy atom. The molecule has 1 unspecified atom stereocenters. The molecule has 1 fully saturated rings. The highest BCUT2D eigenvalue weighted by atomic mass is 19.1. The Balaban J connectivity index is 1.73. The van der Waals surface area contributed by atoms with Crippen molar-refractivity contribution in [2.24, 2.45) is 0 Å². The smallest absolute Gasteiger partial charge is 0.153 e. The molecule has 0 spiro atoms. The second-order valence-corrected chi connectivity index (χ2v) is 4.64. The van der Waals surface area contributed by atoms with Gasteiger partial charge in [0.15, 0.2) is 6.29 Å². The van der Waals surface area contributed by atoms with Crippen LogP contribution in [0.15, 0.2) is 42.5 Å². The van der Waals surface area contributed by atoms with Crippen LogP contribution in [0.5, 0.6) is 17.2 Å². The standard InChI is InChI=1S/C16H13FO4/c17-12-1-3-13(4-2-12)21-14-5-6-16(11(7-14)8-18)20-10-15-9-19-15/h1-8,15H,9-10H2. The summed E-state index contributed by atoms with van der Waals surface area (Å²) in [4.78, 5) is 11.1. The summed E-state index contributed by atoms with van der Waals surface area (Å²) in [7, 11) is 0. The van der Waals surface area contributed by atoms with Gasteiger partial charge in [-0.25, -0.2) is 4.39 Å². The zero-order chi connectivity index (χ0) is 14.7. The maximum absolute atomic E-state index is 12.8. The summed E-state index contributed by atoms with van der Waals surface area (Å²) in [5.74, 6) is 1.14. The molecule has 0 aliphatic carbocycles. The van der Waals surface area contributed by atoms with Crippen LogP contribution in [0.1, 0.15) is 10.4 Å². The van der Waals surface area contributed by atoms with Crippen LogP contribution in [0.3, 0.4) is 0 Å². The molecule has 0 aromatic heterocycles. The molecule has 1 aliphatic heterocycles. The van der Waals surface area contributed by atoms with Crippen LogP contribution in [-0.4, -0.2) is 25.6 Å². The maximum Gasteiger partial charge on any atom is 0.153 e. The van der Waals surface area contributed by atoms with E-state index in [9.17, 15) is 9.18 Å². The highest BCUT2D eigenvalue weighted by molar-refractivity contribution is 5.80. The van der Waals surface area contributed by atoms with E-state index in [2.05, 4.69) is 0 Å². The Kier molecular flexibility index (Phi) is 3.83. The number of epoxide rings is 1. The summed E-state index contributed by atoms with van der Waals surface area (Å²) in [6.45, 7) is 1.13. The number of carbonyl (C=O) groups excluding carboxylic acids is 1. The second kappa shape index (κ2) is 5.93. The summed E-state index contributed by atoms with van der Waals surface area (Å²) >= 11 is 0. The number of hydrogen-bond acceptors (Lipinski definition) is 4. The quantitative estimate of drug-likeness (QED) is 0.605. The van der Waals surface area contributed by atoms with Crippen LogP contribution in [-0.2, 0) is 4.74 Å². The second-order valence-electron chi connectivity index (χ2n) is 4.64. The fourth-order valence-corrected chi connectivity index (χ4v) is 1.80. The molecule has 0 amide bonds. The molecule has 0 radical (unpaired) electrons. The van der Waals surface area contributed by atoms with Gasteiger partial charge in [-0.3, -0.25) is 4.79 Å². The van der Waals surface area contributed by atoms with Crippen LogP contribution in [0.2, 0.25) is 0 Å². The van der Waals surface area contributed by atoms with E-state index in [4.69, 9.17) is 14.2 Å². The number of rotatable bonds is 6. The van der Waals surface area contributed by atoms with Crippen LogP contribution in [0.25, 0.3) is 0 Å². The molecule has 21 heavy (non-hydrogen) atoms. The first-order valence-electron chi connectivity index (χ1n) is 6.51. The first-order valence-corrected chi connectivity index (χ1v) is 6.51. The number of hydrogen-bond donors (Lipinski definition) is 0. The normalized spacial score (nSPS) is 16.3. The summed E-state index contributed by atoms with van der Waals surface area (Å²) in [6.07, 6.45) is 0.834. The monoisotopic (exact) mass is 288 g/mol. The van der Waals surface area contributed by atoms with Gasteiger partial charge in [0.1, 0.15) is 35.8 Å². The van der Waals surface area contributed by atoms with Crippen LogP contribution >= 0.6 is 0 Å². The van der Waals surface area contributed by atoms with Gasteiger partial charge in [-0.2, -0.15) is 0 Å². The highest BCUT2D eigenvalue weighted by Crippen LogP contribution is 2.27. The van der Waals surface area contributed by atoms with Crippen molar-refractivity contribution in [3.63, 3.8) is 0 Å². The minimum absolute atomic E-state index is 0.125. The molecule has 0 saturated carbocycles. The lowest BCUT2D eigenvalue weighted by atomic mass is 10.2. The van der Waals surface area contributed by atoms with E-state index in [1.807, 2.05) is 0 Å². The SMILES string of the molecule is O=Cc1cc(Oc2ccc(F)cc2)ccc1OCC1CO1. The Morgan fingerprint density at radius 1 is 1.19 bits per heavy atom. The van der Waals surface area contributed by atoms with Crippen molar-refractivity contribution in [1.82, 2.24) is 0 Å². The lowest BCUT2D eigenvalue weighted by Gasteiger charge is -2.10. The topological polar surface area (TPSA) is 48.1 Å². The Labute approximate surface area is 121 Å². The number of aldehydes is 1. The molecule has 108 valence electrons. The molecule has 0 bridgehead atoms. The molecule has 2 aromatic rings. The van der Waals surface area contributed by atoms with Gasteiger partial charge in [-0.05, 0) is 42.5 Å². The molecule has 1 heterocycles. The third-order valence-corrected chi connectivity index (χ3v) is 2.98. The fraction of sp³-hybridized carbons (Fsp3) is 0.188. The highest BCUT2D eigenvalue weighted by Gasteiger charge is 2.23. The molecule has 1 saturated heterocycles. The molecular weight excluding hydrogens is 275 g/mol. The van der Waals surface area contributed by atoms with E-state index in [-0.39, 0.29) is 11.9 Å². The molecule has 3 rings (SSSR count). The van der Waals surface area contributed by atoms with E-state index < -0.39 is 0 Å². The maximum atomic E-state index is 12.8. The first-order chi connectivity index (χ1) is 10.2. The van der Waals surface area contributed by atoms with Crippen LogP contribution < -0.4 is 9.47 Å². The summed E-state index contributed by atoms with van der Waals surface area (Å²) in [5.41, 5.74) is 0.398. The summed E-state index contributed by atoms with van der Waals surface area (Å²) in [6, 6.07) is 10.6. The number of ether oxygens (including phenoxy) is 3. The third kappa shape index (κ3) is 3.58. The number of carbonyl (C=O) groups is 1. The minimum atomic E-state index is -0.332. The summed E-state index contributed by atoms with van der Waals surface area (Å²) in [5, 5.41) is 0. The van der Waals surface area contributed by atoms with Crippen molar-refractivity contribution >= 4 is 6.29 Å². The lowest BCUT2D eigenvalue weighted by Crippen LogP contribution is -2.05. The van der Waals surface area contributed by atoms with E-state index in [0.29, 0.717) is 42.3 Å². The predicted molar refractivity (Wildman–Crippen MR) is 73.5 cm³/mol. The van der Waals surface area contributed by atoms with E-state index in [0.717, 1.165) is 0 Å². The lowest BCUT2D eigenvalue weighted by molar-refractivity contribution is 0.111. The zero-order valence-electron chi connectivity index (χ0n) is 11.1. The van der Waals surface area contributed by atoms with Gasteiger partial charge in [0.25, 0.3) is 0 Å². The van der Waals surface area contributed by atoms with Crippen molar-refractivity contribution in [3.8, 4) is 17.2 Å². The van der Waals surface area contributed by atoms with Crippen molar-refractivity contribution in [2.75, 3.05) is 13.2 Å². The molecule has 1 aliphatic rings. The molecule has 4 nitrogen and oxygen atoms in total. The van der Waals surface area contributed by atoms with E-state index in [1.165, 1.54) is 24.3 Å². The molecular formula is C16H13FO4. The van der Waals surface area contributed by atoms with Gasteiger partial charge in [0.2, 0.25) is 0 Å². The van der Waals surface area contributed by atoms with Crippen molar-refractivity contribution in [2.45, 2.75) is 6.10 Å². The van der Waals surface area contributed by atoms with Gasteiger partial charge in [-0.15, -0.1) is 0 Å². The van der Waals surface area contributed by atoms with Crippen molar-refractivity contribution < 1.29 is 23.4 Å². The van der Waals surface area contributed by atoms with Gasteiger partial charge in [-0.1, -0.05) is 0 Å². The van der Waals surface area contributed by atoms with Gasteiger partial charge in [0.05, 0.1) is 12.2 Å². The average Bonchev–Trinajstić information content (AvgIpc) is 3.32. The number of halogens is 1. The van der Waals surface area contributed by atoms with Gasteiger partial charge in [0, 0.05) is 0 Å². The fourth-order valence-electron chi connectivity index (χ4n) is 1.80. The minimum Gasteiger partial charge on any atom is -0.490 e. The van der Waals surface area contributed by atoms with E-state index >= 15 is 0 Å². The third-order valence-electron chi connectivity index (χ3n) is 2.98. The zero-order valence-corrected chi connectivity index (χ0v) is 11.1. The molecule has 1 atom stereocenters. The average molecular weight is 288 g/mol. The Morgan fingerprint density at radius 2 is 1.90 bits per heavy atom. The van der Waals surface area contributed by atoms with E-state index in [1.54, 1.807) is 18.2 Å². The Hall–Kier alpha value is -2.40. The summed E-state index contributed by atoms with van der Waals surface area (Å²) < 4.78 is 28.9. The van der Waals surface area contributed by atoms with Gasteiger partial charge < -0.3 is 14.2 Å². The molecule has 2 aromatic carbocycles. The van der Waals surface area contributed by atoms with Crippen molar-refractivity contribution in [1.29, 1.82) is 0 Å². The van der Waals surface area contributed by atoms with Crippen LogP contribution in [0.4, 0.5) is 4.39 Å². The Bertz CT molecular complexity index is 635. The van der Waals surface area contributed by atoms with Gasteiger partial charge >= 0.3 is 0 Å². The first kappa shape index (κ1) is 13.6. The largest absolute Gasteiger partial charge is 0.490 e.